The van der Waals surface area contributed by atoms with Crippen LogP contribution in [0.25, 0.3) is 0 Å². The van der Waals surface area contributed by atoms with Gasteiger partial charge >= 0.3 is 5.97 Å². The predicted octanol–water partition coefficient (Wildman–Crippen LogP) is 2.09. The molecule has 0 unspecified atom stereocenters. The van der Waals surface area contributed by atoms with Crippen LogP contribution in [-0.2, 0) is 11.2 Å². The normalized spacial score (nSPS) is 9.50. The minimum Gasteiger partial charge on any atom is -0.481 e. The van der Waals surface area contributed by atoms with Crippen molar-refractivity contribution in [3.8, 4) is 6.07 Å². The molecule has 14 heavy (non-hydrogen) atoms. The van der Waals surface area contributed by atoms with Crippen molar-refractivity contribution in [3.63, 3.8) is 0 Å². The average molecular weight is 258 g/mol. The summed E-state index contributed by atoms with van der Waals surface area (Å²) in [5.74, 6) is -1.68. The molecule has 0 bridgehead atoms. The lowest BCUT2D eigenvalue weighted by atomic mass is 10.1. The number of carboxylic acid groups (broad SMARTS) is 1. The molecular formula is C9H5BrFNO2. The van der Waals surface area contributed by atoms with Gasteiger partial charge in [-0.1, -0.05) is 0 Å². The molecule has 0 heterocycles. The Morgan fingerprint density at radius 2 is 2.29 bits per heavy atom. The Morgan fingerprint density at radius 1 is 1.64 bits per heavy atom. The van der Waals surface area contributed by atoms with Gasteiger partial charge in [-0.05, 0) is 33.6 Å². The molecule has 0 atom stereocenters. The van der Waals surface area contributed by atoms with E-state index in [1.165, 1.54) is 6.07 Å². The van der Waals surface area contributed by atoms with E-state index in [0.717, 1.165) is 6.07 Å². The van der Waals surface area contributed by atoms with Gasteiger partial charge < -0.3 is 5.11 Å². The molecule has 0 saturated carbocycles. The molecule has 1 rings (SSSR count). The Bertz CT molecular complexity index is 426. The Morgan fingerprint density at radius 3 is 2.79 bits per heavy atom. The van der Waals surface area contributed by atoms with Gasteiger partial charge in [-0.2, -0.15) is 5.26 Å². The van der Waals surface area contributed by atoms with E-state index in [1.54, 1.807) is 6.07 Å². The molecule has 72 valence electrons. The topological polar surface area (TPSA) is 61.1 Å². The number of carboxylic acids is 1. The quantitative estimate of drug-likeness (QED) is 0.883. The van der Waals surface area contributed by atoms with Gasteiger partial charge in [-0.3, -0.25) is 4.79 Å². The minimum atomic E-state index is -1.06. The molecule has 1 aromatic carbocycles. The maximum atomic E-state index is 13.1. The summed E-state index contributed by atoms with van der Waals surface area (Å²) in [7, 11) is 0. The number of rotatable bonds is 2. The molecule has 0 aromatic heterocycles. The standard InChI is InChI=1S/C9H5BrFNO2/c10-9-6(4-12)1-5(2-7(9)11)3-8(13)14/h1-2H,3H2,(H,13,14). The number of nitriles is 1. The fourth-order valence-corrected chi connectivity index (χ4v) is 1.32. The highest BCUT2D eigenvalue weighted by Crippen LogP contribution is 2.22. The number of aliphatic carboxylic acids is 1. The largest absolute Gasteiger partial charge is 0.481 e. The second kappa shape index (κ2) is 4.20. The van der Waals surface area contributed by atoms with Crippen LogP contribution in [0.1, 0.15) is 11.1 Å². The van der Waals surface area contributed by atoms with Crippen LogP contribution >= 0.6 is 15.9 Å². The molecule has 0 aliphatic heterocycles. The van der Waals surface area contributed by atoms with E-state index in [-0.39, 0.29) is 22.0 Å². The third-order valence-corrected chi connectivity index (χ3v) is 2.37. The minimum absolute atomic E-state index is 0.0640. The number of hydrogen-bond acceptors (Lipinski definition) is 2. The molecule has 0 spiro atoms. The molecule has 0 radical (unpaired) electrons. The van der Waals surface area contributed by atoms with Crippen molar-refractivity contribution >= 4 is 21.9 Å². The molecule has 0 saturated heterocycles. The lowest BCUT2D eigenvalue weighted by molar-refractivity contribution is -0.136. The first-order valence-corrected chi connectivity index (χ1v) is 4.43. The number of nitrogens with zero attached hydrogens (tertiary/aromatic N) is 1. The van der Waals surface area contributed by atoms with Gasteiger partial charge in [-0.15, -0.1) is 0 Å². The Labute approximate surface area is 87.9 Å². The van der Waals surface area contributed by atoms with Crippen LogP contribution < -0.4 is 0 Å². The second-order valence-electron chi connectivity index (χ2n) is 2.62. The van der Waals surface area contributed by atoms with Gasteiger partial charge in [0.15, 0.2) is 0 Å². The van der Waals surface area contributed by atoms with E-state index in [2.05, 4.69) is 15.9 Å². The maximum Gasteiger partial charge on any atom is 0.307 e. The highest BCUT2D eigenvalue weighted by molar-refractivity contribution is 9.10. The van der Waals surface area contributed by atoms with Crippen LogP contribution in [0.15, 0.2) is 16.6 Å². The highest BCUT2D eigenvalue weighted by Gasteiger charge is 2.09. The third-order valence-electron chi connectivity index (χ3n) is 1.56. The fourth-order valence-electron chi connectivity index (χ4n) is 1.00. The van der Waals surface area contributed by atoms with Crippen molar-refractivity contribution < 1.29 is 14.3 Å². The number of hydrogen-bond donors (Lipinski definition) is 1. The zero-order chi connectivity index (χ0) is 10.7. The Hall–Kier alpha value is -1.41. The van der Waals surface area contributed by atoms with Crippen molar-refractivity contribution in [2.75, 3.05) is 0 Å². The first kappa shape index (κ1) is 10.7. The summed E-state index contributed by atoms with van der Waals surface area (Å²) >= 11 is 2.90. The van der Waals surface area contributed by atoms with E-state index < -0.39 is 11.8 Å². The summed E-state index contributed by atoms with van der Waals surface area (Å²) in [6.07, 6.45) is -0.293. The molecule has 0 amide bonds. The third kappa shape index (κ3) is 2.30. The van der Waals surface area contributed by atoms with Crippen LogP contribution in [0.5, 0.6) is 0 Å². The van der Waals surface area contributed by atoms with E-state index in [9.17, 15) is 9.18 Å². The lowest BCUT2D eigenvalue weighted by Crippen LogP contribution is -2.01. The van der Waals surface area contributed by atoms with Gasteiger partial charge in [0.1, 0.15) is 11.9 Å². The van der Waals surface area contributed by atoms with Gasteiger partial charge in [0.25, 0.3) is 0 Å². The van der Waals surface area contributed by atoms with Gasteiger partial charge in [-0.25, -0.2) is 4.39 Å². The molecular weight excluding hydrogens is 253 g/mol. The number of benzene rings is 1. The van der Waals surface area contributed by atoms with E-state index in [4.69, 9.17) is 10.4 Å². The van der Waals surface area contributed by atoms with Crippen molar-refractivity contribution in [2.45, 2.75) is 6.42 Å². The molecule has 1 aromatic rings. The van der Waals surface area contributed by atoms with Crippen LogP contribution in [0, 0.1) is 17.1 Å². The van der Waals surface area contributed by atoms with E-state index >= 15 is 0 Å². The SMILES string of the molecule is N#Cc1cc(CC(=O)O)cc(F)c1Br. The zero-order valence-corrected chi connectivity index (χ0v) is 8.51. The van der Waals surface area contributed by atoms with Crippen molar-refractivity contribution in [1.29, 1.82) is 5.26 Å². The molecule has 0 fully saturated rings. The number of carbonyl (C=O) groups is 1. The van der Waals surface area contributed by atoms with Crippen LogP contribution in [0.2, 0.25) is 0 Å². The van der Waals surface area contributed by atoms with Crippen molar-refractivity contribution in [2.24, 2.45) is 0 Å². The summed E-state index contributed by atoms with van der Waals surface area (Å²) in [4.78, 5) is 10.3. The summed E-state index contributed by atoms with van der Waals surface area (Å²) in [6, 6.07) is 4.21. The second-order valence-corrected chi connectivity index (χ2v) is 3.41. The maximum absolute atomic E-state index is 13.1. The van der Waals surface area contributed by atoms with Crippen molar-refractivity contribution in [3.05, 3.63) is 33.5 Å². The van der Waals surface area contributed by atoms with Crippen LogP contribution in [-0.4, -0.2) is 11.1 Å². The first-order chi connectivity index (χ1) is 6.54. The smallest absolute Gasteiger partial charge is 0.307 e. The monoisotopic (exact) mass is 257 g/mol. The first-order valence-electron chi connectivity index (χ1n) is 3.64. The number of halogens is 2. The molecule has 5 heteroatoms. The van der Waals surface area contributed by atoms with E-state index in [0.29, 0.717) is 0 Å². The van der Waals surface area contributed by atoms with Gasteiger partial charge in [0, 0.05) is 0 Å². The summed E-state index contributed by atoms with van der Waals surface area (Å²) < 4.78 is 13.2. The highest BCUT2D eigenvalue weighted by atomic mass is 79.9. The van der Waals surface area contributed by atoms with Crippen molar-refractivity contribution in [1.82, 2.24) is 0 Å². The average Bonchev–Trinajstić information content (AvgIpc) is 2.10. The summed E-state index contributed by atoms with van der Waals surface area (Å²) in [5.41, 5.74) is 0.371. The van der Waals surface area contributed by atoms with Crippen LogP contribution in [0.4, 0.5) is 4.39 Å². The van der Waals surface area contributed by atoms with Gasteiger partial charge in [0.2, 0.25) is 0 Å². The molecule has 0 aliphatic carbocycles. The lowest BCUT2D eigenvalue weighted by Gasteiger charge is -2.01. The molecule has 0 aliphatic rings. The van der Waals surface area contributed by atoms with E-state index in [1.807, 2.05) is 0 Å². The Kier molecular flexibility index (Phi) is 3.20. The Balaban J connectivity index is 3.18. The zero-order valence-electron chi connectivity index (χ0n) is 6.92. The summed E-state index contributed by atoms with van der Waals surface area (Å²) in [6.45, 7) is 0. The summed E-state index contributed by atoms with van der Waals surface area (Å²) in [5, 5.41) is 17.1. The van der Waals surface area contributed by atoms with Gasteiger partial charge in [0.05, 0.1) is 16.5 Å². The van der Waals surface area contributed by atoms with Crippen LogP contribution in [0.3, 0.4) is 0 Å². The fraction of sp³-hybridized carbons (Fsp3) is 0.111. The molecule has 3 nitrogen and oxygen atoms in total. The molecule has 1 N–H and O–H groups in total. The predicted molar refractivity (Wildman–Crippen MR) is 50.2 cm³/mol.